The number of para-hydroxylation sites is 1. The Hall–Kier alpha value is -2.49. The van der Waals surface area contributed by atoms with E-state index >= 15 is 0 Å². The van der Waals surface area contributed by atoms with E-state index in [4.69, 9.17) is 21.1 Å². The van der Waals surface area contributed by atoms with E-state index in [9.17, 15) is 10.1 Å². The van der Waals surface area contributed by atoms with Gasteiger partial charge in [0, 0.05) is 0 Å². The molecule has 2 aromatic rings. The van der Waals surface area contributed by atoms with E-state index in [1.54, 1.807) is 36.4 Å². The van der Waals surface area contributed by atoms with Crippen molar-refractivity contribution in [2.75, 3.05) is 18.5 Å². The molecule has 0 aliphatic rings. The summed E-state index contributed by atoms with van der Waals surface area (Å²) in [5.41, 5.74) is 1.03. The van der Waals surface area contributed by atoms with Crippen LogP contribution in [0.5, 0.6) is 11.5 Å². The molecule has 0 heterocycles. The molecule has 0 aromatic heterocycles. The molecule has 2 rings (SSSR count). The van der Waals surface area contributed by atoms with Crippen molar-refractivity contribution in [1.29, 1.82) is 5.26 Å². The molecule has 0 spiro atoms. The molecule has 7 heteroatoms. The number of halogens is 2. The fraction of sp³-hybridized carbons (Fsp3) is 0.333. The third kappa shape index (κ3) is 7.61. The van der Waals surface area contributed by atoms with Crippen molar-refractivity contribution in [1.82, 2.24) is 0 Å². The van der Waals surface area contributed by atoms with E-state index in [0.29, 0.717) is 45.5 Å². The lowest BCUT2D eigenvalue weighted by molar-refractivity contribution is -0.112. The molecular formula is C24H26BrClN2O3. The summed E-state index contributed by atoms with van der Waals surface area (Å²) in [5, 5.41) is 12.6. The number of nitriles is 1. The summed E-state index contributed by atoms with van der Waals surface area (Å²) in [4.78, 5) is 12.6. The number of nitrogens with one attached hydrogen (secondary N) is 1. The minimum atomic E-state index is -0.541. The Labute approximate surface area is 197 Å². The van der Waals surface area contributed by atoms with Crippen molar-refractivity contribution in [3.05, 3.63) is 57.0 Å². The van der Waals surface area contributed by atoms with Crippen molar-refractivity contribution < 1.29 is 14.3 Å². The van der Waals surface area contributed by atoms with Gasteiger partial charge < -0.3 is 14.8 Å². The van der Waals surface area contributed by atoms with E-state index in [1.165, 1.54) is 18.9 Å². The Morgan fingerprint density at radius 1 is 1.19 bits per heavy atom. The monoisotopic (exact) mass is 504 g/mol. The Bertz CT molecular complexity index is 970. The number of amides is 1. The fourth-order valence-corrected chi connectivity index (χ4v) is 3.60. The number of carbonyl (C=O) groups is 1. The van der Waals surface area contributed by atoms with E-state index in [2.05, 4.69) is 28.2 Å². The highest BCUT2D eigenvalue weighted by Gasteiger charge is 2.15. The minimum absolute atomic E-state index is 0.0532. The molecule has 164 valence electrons. The van der Waals surface area contributed by atoms with Gasteiger partial charge in [0.05, 0.1) is 28.4 Å². The number of anilines is 1. The van der Waals surface area contributed by atoms with Crippen LogP contribution in [0.2, 0.25) is 5.02 Å². The van der Waals surface area contributed by atoms with Crippen LogP contribution in [0, 0.1) is 11.3 Å². The second kappa shape index (κ2) is 13.0. The van der Waals surface area contributed by atoms with Crippen LogP contribution in [0.4, 0.5) is 5.69 Å². The highest BCUT2D eigenvalue weighted by atomic mass is 79.9. The Balaban J connectivity index is 2.23. The fourth-order valence-electron chi connectivity index (χ4n) is 2.84. The van der Waals surface area contributed by atoms with Gasteiger partial charge in [0.2, 0.25) is 0 Å². The van der Waals surface area contributed by atoms with Crippen LogP contribution in [0.1, 0.15) is 45.1 Å². The summed E-state index contributed by atoms with van der Waals surface area (Å²) in [6, 6.07) is 12.4. The van der Waals surface area contributed by atoms with Crippen molar-refractivity contribution in [2.24, 2.45) is 0 Å². The summed E-state index contributed by atoms with van der Waals surface area (Å²) in [6.07, 6.45) is 5.93. The summed E-state index contributed by atoms with van der Waals surface area (Å²) < 4.78 is 12.4. The van der Waals surface area contributed by atoms with E-state index < -0.39 is 5.91 Å². The van der Waals surface area contributed by atoms with Gasteiger partial charge in [0.15, 0.2) is 11.5 Å². The molecule has 0 saturated heterocycles. The van der Waals surface area contributed by atoms with Crippen LogP contribution in [0.15, 0.2) is 46.4 Å². The summed E-state index contributed by atoms with van der Waals surface area (Å²) in [5.74, 6) is 0.637. The maximum absolute atomic E-state index is 12.6. The van der Waals surface area contributed by atoms with Crippen LogP contribution in [0.25, 0.3) is 6.08 Å². The zero-order chi connectivity index (χ0) is 22.6. The number of carbonyl (C=O) groups excluding carboxylic acids is 1. The summed E-state index contributed by atoms with van der Waals surface area (Å²) in [6.45, 7) is 5.11. The number of unbranched alkanes of at least 4 members (excludes halogenated alkanes) is 3. The first-order valence-electron chi connectivity index (χ1n) is 10.3. The lowest BCUT2D eigenvalue weighted by Crippen LogP contribution is -2.13. The van der Waals surface area contributed by atoms with Crippen molar-refractivity contribution >= 4 is 45.2 Å². The first kappa shape index (κ1) is 24.8. The van der Waals surface area contributed by atoms with Gasteiger partial charge in [-0.1, -0.05) is 49.9 Å². The molecule has 31 heavy (non-hydrogen) atoms. The van der Waals surface area contributed by atoms with Gasteiger partial charge in [-0.05, 0) is 65.2 Å². The van der Waals surface area contributed by atoms with Gasteiger partial charge in [0.1, 0.15) is 11.6 Å². The van der Waals surface area contributed by atoms with Gasteiger partial charge in [-0.25, -0.2) is 0 Å². The normalized spacial score (nSPS) is 11.0. The van der Waals surface area contributed by atoms with Crippen LogP contribution in [-0.2, 0) is 4.79 Å². The van der Waals surface area contributed by atoms with Gasteiger partial charge >= 0.3 is 0 Å². The highest BCUT2D eigenvalue weighted by Crippen LogP contribution is 2.37. The number of benzene rings is 2. The van der Waals surface area contributed by atoms with Gasteiger partial charge in [-0.15, -0.1) is 0 Å². The lowest BCUT2D eigenvalue weighted by atomic mass is 10.1. The average Bonchev–Trinajstić information content (AvgIpc) is 2.75. The molecule has 5 nitrogen and oxygen atoms in total. The van der Waals surface area contributed by atoms with E-state index in [1.807, 2.05) is 13.0 Å². The Kier molecular flexibility index (Phi) is 10.4. The number of nitrogens with zero attached hydrogens (tertiary/aromatic N) is 1. The quantitative estimate of drug-likeness (QED) is 0.203. The predicted octanol–water partition coefficient (Wildman–Crippen LogP) is 7.01. The first-order chi connectivity index (χ1) is 15.0. The van der Waals surface area contributed by atoms with Gasteiger partial charge in [-0.3, -0.25) is 4.79 Å². The SMILES string of the molecule is CCCCCCOc1c(Br)cc(/C=C(\C#N)C(=O)Nc2ccccc2Cl)cc1OCC. The largest absolute Gasteiger partial charge is 0.490 e. The second-order valence-electron chi connectivity index (χ2n) is 6.78. The zero-order valence-corrected chi connectivity index (χ0v) is 20.1. The van der Waals surface area contributed by atoms with E-state index in [-0.39, 0.29) is 5.57 Å². The third-order valence-electron chi connectivity index (χ3n) is 4.37. The maximum Gasteiger partial charge on any atom is 0.266 e. The minimum Gasteiger partial charge on any atom is -0.490 e. The molecule has 0 saturated carbocycles. The third-order valence-corrected chi connectivity index (χ3v) is 5.29. The van der Waals surface area contributed by atoms with Crippen molar-refractivity contribution in [2.45, 2.75) is 39.5 Å². The summed E-state index contributed by atoms with van der Waals surface area (Å²) in [7, 11) is 0. The van der Waals surface area contributed by atoms with E-state index in [0.717, 1.165) is 12.8 Å². The molecule has 0 fully saturated rings. The molecule has 0 radical (unpaired) electrons. The second-order valence-corrected chi connectivity index (χ2v) is 8.04. The maximum atomic E-state index is 12.6. The molecule has 0 atom stereocenters. The molecule has 1 amide bonds. The molecule has 2 aromatic carbocycles. The zero-order valence-electron chi connectivity index (χ0n) is 17.7. The Morgan fingerprint density at radius 3 is 2.65 bits per heavy atom. The first-order valence-corrected chi connectivity index (χ1v) is 11.4. The predicted molar refractivity (Wildman–Crippen MR) is 129 cm³/mol. The average molecular weight is 506 g/mol. The molecule has 0 aliphatic carbocycles. The Morgan fingerprint density at radius 2 is 1.97 bits per heavy atom. The lowest BCUT2D eigenvalue weighted by Gasteiger charge is -2.15. The standard InChI is InChI=1S/C24H26BrClN2O3/c1-3-5-6-9-12-31-23-19(25)14-17(15-22(23)30-4-2)13-18(16-27)24(29)28-21-11-8-7-10-20(21)26/h7-8,10-11,13-15H,3-6,9,12H2,1-2H3,(H,28,29)/b18-13+. The van der Waals surface area contributed by atoms with Crippen molar-refractivity contribution in [3.63, 3.8) is 0 Å². The smallest absolute Gasteiger partial charge is 0.266 e. The number of rotatable bonds is 11. The van der Waals surface area contributed by atoms with Crippen LogP contribution in [-0.4, -0.2) is 19.1 Å². The number of ether oxygens (including phenoxy) is 2. The molecule has 0 unspecified atom stereocenters. The molecule has 0 bridgehead atoms. The van der Waals surface area contributed by atoms with Crippen LogP contribution < -0.4 is 14.8 Å². The number of hydrogen-bond acceptors (Lipinski definition) is 4. The molecule has 0 aliphatic heterocycles. The van der Waals surface area contributed by atoms with Gasteiger partial charge in [0.25, 0.3) is 5.91 Å². The molecule has 1 N–H and O–H groups in total. The highest BCUT2D eigenvalue weighted by molar-refractivity contribution is 9.10. The molecular weight excluding hydrogens is 480 g/mol. The van der Waals surface area contributed by atoms with Crippen LogP contribution in [0.3, 0.4) is 0 Å². The number of hydrogen-bond donors (Lipinski definition) is 1. The van der Waals surface area contributed by atoms with Crippen molar-refractivity contribution in [3.8, 4) is 17.6 Å². The van der Waals surface area contributed by atoms with Crippen LogP contribution >= 0.6 is 27.5 Å². The van der Waals surface area contributed by atoms with Gasteiger partial charge in [-0.2, -0.15) is 5.26 Å². The summed E-state index contributed by atoms with van der Waals surface area (Å²) >= 11 is 9.61. The topological polar surface area (TPSA) is 71.3 Å².